The molecular weight excluding hydrogens is 379 g/mol. The van der Waals surface area contributed by atoms with Crippen molar-refractivity contribution in [3.8, 4) is 0 Å². The van der Waals surface area contributed by atoms with Crippen molar-refractivity contribution in [2.75, 3.05) is 18.9 Å². The van der Waals surface area contributed by atoms with E-state index in [1.54, 1.807) is 0 Å². The summed E-state index contributed by atoms with van der Waals surface area (Å²) < 4.78 is 39.9. The van der Waals surface area contributed by atoms with Crippen molar-refractivity contribution in [1.82, 2.24) is 14.1 Å². The molecule has 0 aliphatic carbocycles. The number of hydrogen-bond acceptors (Lipinski definition) is 5. The SMILES string of the molecule is CN(CCCC(=O)Nc1ccn(CC(=O)O)n1)S(=O)(=O)c1ccc(F)cc1. The largest absolute Gasteiger partial charge is 0.480 e. The van der Waals surface area contributed by atoms with Gasteiger partial charge in [0.2, 0.25) is 15.9 Å². The number of benzene rings is 1. The second-order valence-electron chi connectivity index (χ2n) is 5.72. The number of sulfonamides is 1. The van der Waals surface area contributed by atoms with E-state index in [2.05, 4.69) is 10.4 Å². The van der Waals surface area contributed by atoms with Crippen LogP contribution in [0.1, 0.15) is 12.8 Å². The Morgan fingerprint density at radius 3 is 2.56 bits per heavy atom. The molecule has 1 heterocycles. The molecule has 0 saturated heterocycles. The number of carbonyl (C=O) groups is 2. The fourth-order valence-electron chi connectivity index (χ4n) is 2.23. The average molecular weight is 398 g/mol. The van der Waals surface area contributed by atoms with Gasteiger partial charge in [0.25, 0.3) is 0 Å². The van der Waals surface area contributed by atoms with Crippen LogP contribution in [0.2, 0.25) is 0 Å². The number of rotatable bonds is 9. The van der Waals surface area contributed by atoms with Gasteiger partial charge in [0.05, 0.1) is 4.90 Å². The molecule has 1 aromatic carbocycles. The van der Waals surface area contributed by atoms with E-state index in [4.69, 9.17) is 5.11 Å². The van der Waals surface area contributed by atoms with Gasteiger partial charge in [-0.15, -0.1) is 0 Å². The highest BCUT2D eigenvalue weighted by molar-refractivity contribution is 7.89. The molecule has 2 aromatic rings. The topological polar surface area (TPSA) is 122 Å². The molecule has 0 aliphatic rings. The first-order chi connectivity index (χ1) is 12.7. The summed E-state index contributed by atoms with van der Waals surface area (Å²) in [5.41, 5.74) is 0. The molecule has 0 unspecified atom stereocenters. The van der Waals surface area contributed by atoms with Gasteiger partial charge in [-0.3, -0.25) is 14.3 Å². The summed E-state index contributed by atoms with van der Waals surface area (Å²) in [6, 6.07) is 5.96. The van der Waals surface area contributed by atoms with Crippen molar-refractivity contribution in [2.45, 2.75) is 24.3 Å². The van der Waals surface area contributed by atoms with Crippen molar-refractivity contribution in [3.63, 3.8) is 0 Å². The van der Waals surface area contributed by atoms with E-state index in [9.17, 15) is 22.4 Å². The number of nitrogens with zero attached hydrogens (tertiary/aromatic N) is 3. The predicted octanol–water partition coefficient (Wildman–Crippen LogP) is 1.15. The van der Waals surface area contributed by atoms with E-state index in [1.165, 1.54) is 36.1 Å². The van der Waals surface area contributed by atoms with Gasteiger partial charge in [-0.1, -0.05) is 0 Å². The van der Waals surface area contributed by atoms with Gasteiger partial charge in [-0.25, -0.2) is 17.1 Å². The Hall–Kier alpha value is -2.79. The first-order valence-corrected chi connectivity index (χ1v) is 9.39. The van der Waals surface area contributed by atoms with E-state index in [-0.39, 0.29) is 42.6 Å². The minimum atomic E-state index is -3.76. The van der Waals surface area contributed by atoms with E-state index in [1.807, 2.05) is 0 Å². The highest BCUT2D eigenvalue weighted by atomic mass is 32.2. The second-order valence-corrected chi connectivity index (χ2v) is 7.77. The number of carbonyl (C=O) groups excluding carboxylic acids is 1. The van der Waals surface area contributed by atoms with E-state index < -0.39 is 21.8 Å². The van der Waals surface area contributed by atoms with Crippen molar-refractivity contribution in [1.29, 1.82) is 0 Å². The van der Waals surface area contributed by atoms with Crippen molar-refractivity contribution < 1.29 is 27.5 Å². The first kappa shape index (κ1) is 20.5. The molecule has 0 atom stereocenters. The third-order valence-corrected chi connectivity index (χ3v) is 5.48. The number of hydrogen-bond donors (Lipinski definition) is 2. The van der Waals surface area contributed by atoms with E-state index >= 15 is 0 Å². The molecule has 1 aromatic heterocycles. The number of aromatic nitrogens is 2. The molecule has 0 fully saturated rings. The van der Waals surface area contributed by atoms with Crippen LogP contribution in [-0.4, -0.2) is 53.1 Å². The van der Waals surface area contributed by atoms with Gasteiger partial charge in [-0.2, -0.15) is 5.10 Å². The fraction of sp³-hybridized carbons (Fsp3) is 0.312. The Kier molecular flexibility index (Phi) is 6.64. The lowest BCUT2D eigenvalue weighted by Gasteiger charge is -2.17. The van der Waals surface area contributed by atoms with Crippen LogP contribution in [0.3, 0.4) is 0 Å². The molecule has 0 aliphatic heterocycles. The zero-order valence-electron chi connectivity index (χ0n) is 14.5. The first-order valence-electron chi connectivity index (χ1n) is 7.95. The molecule has 9 nitrogen and oxygen atoms in total. The number of carboxylic acid groups (broad SMARTS) is 1. The molecule has 27 heavy (non-hydrogen) atoms. The number of halogens is 1. The van der Waals surface area contributed by atoms with Crippen LogP contribution in [0.4, 0.5) is 10.2 Å². The summed E-state index contributed by atoms with van der Waals surface area (Å²) in [5, 5.41) is 15.1. The molecule has 0 saturated carbocycles. The lowest BCUT2D eigenvalue weighted by molar-refractivity contribution is -0.137. The molecule has 0 spiro atoms. The summed E-state index contributed by atoms with van der Waals surface area (Å²) in [6.45, 7) is -0.220. The Balaban J connectivity index is 1.82. The van der Waals surface area contributed by atoms with Crippen LogP contribution in [0.15, 0.2) is 41.4 Å². The quantitative estimate of drug-likeness (QED) is 0.653. The van der Waals surface area contributed by atoms with Crippen LogP contribution < -0.4 is 5.32 Å². The lowest BCUT2D eigenvalue weighted by Crippen LogP contribution is -2.28. The third kappa shape index (κ3) is 5.86. The van der Waals surface area contributed by atoms with Crippen LogP contribution >= 0.6 is 0 Å². The zero-order chi connectivity index (χ0) is 20.0. The molecule has 1 amide bonds. The third-order valence-electron chi connectivity index (χ3n) is 3.60. The van der Waals surface area contributed by atoms with Crippen LogP contribution in [0.25, 0.3) is 0 Å². The number of anilines is 1. The summed E-state index contributed by atoms with van der Waals surface area (Å²) in [4.78, 5) is 22.5. The summed E-state index contributed by atoms with van der Waals surface area (Å²) in [5.74, 6) is -1.74. The van der Waals surface area contributed by atoms with Gasteiger partial charge >= 0.3 is 5.97 Å². The molecule has 0 radical (unpaired) electrons. The molecular formula is C16H19FN4O5S. The Bertz CT molecular complexity index is 911. The average Bonchev–Trinajstić information content (AvgIpc) is 3.01. The molecule has 0 bridgehead atoms. The van der Waals surface area contributed by atoms with Crippen LogP contribution in [0, 0.1) is 5.82 Å². The fourth-order valence-corrected chi connectivity index (χ4v) is 3.44. The van der Waals surface area contributed by atoms with Gasteiger partial charge in [0, 0.05) is 32.3 Å². The minimum Gasteiger partial charge on any atom is -0.480 e. The zero-order valence-corrected chi connectivity index (χ0v) is 15.3. The van der Waals surface area contributed by atoms with Gasteiger partial charge in [-0.05, 0) is 30.7 Å². The minimum absolute atomic E-state index is 0.0279. The van der Waals surface area contributed by atoms with E-state index in [0.29, 0.717) is 0 Å². The van der Waals surface area contributed by atoms with Gasteiger partial charge < -0.3 is 10.4 Å². The summed E-state index contributed by atoms with van der Waals surface area (Å²) in [6.07, 6.45) is 1.74. The molecule has 2 rings (SSSR count). The van der Waals surface area contributed by atoms with Crippen LogP contribution in [0.5, 0.6) is 0 Å². The lowest BCUT2D eigenvalue weighted by atomic mass is 10.3. The molecule has 2 N–H and O–H groups in total. The van der Waals surface area contributed by atoms with Crippen molar-refractivity contribution in [2.24, 2.45) is 0 Å². The summed E-state index contributed by atoms with van der Waals surface area (Å²) >= 11 is 0. The Morgan fingerprint density at radius 2 is 1.93 bits per heavy atom. The van der Waals surface area contributed by atoms with Crippen LogP contribution in [-0.2, 0) is 26.2 Å². The predicted molar refractivity (Wildman–Crippen MR) is 93.9 cm³/mol. The maximum Gasteiger partial charge on any atom is 0.325 e. The van der Waals surface area contributed by atoms with Gasteiger partial charge in [0.1, 0.15) is 12.4 Å². The normalized spacial score (nSPS) is 11.5. The van der Waals surface area contributed by atoms with E-state index in [0.717, 1.165) is 16.4 Å². The smallest absolute Gasteiger partial charge is 0.325 e. The van der Waals surface area contributed by atoms with Crippen molar-refractivity contribution in [3.05, 3.63) is 42.3 Å². The number of carboxylic acids is 1. The Labute approximate surface area is 155 Å². The maximum atomic E-state index is 12.9. The number of aliphatic carboxylic acids is 1. The summed E-state index contributed by atoms with van der Waals surface area (Å²) in [7, 11) is -2.38. The Morgan fingerprint density at radius 1 is 1.26 bits per heavy atom. The highest BCUT2D eigenvalue weighted by Gasteiger charge is 2.20. The number of nitrogens with one attached hydrogen (secondary N) is 1. The van der Waals surface area contributed by atoms with Crippen molar-refractivity contribution >= 4 is 27.7 Å². The maximum absolute atomic E-state index is 12.9. The number of amides is 1. The molecule has 11 heteroatoms. The second kappa shape index (κ2) is 8.73. The standard InChI is InChI=1S/C16H19FN4O5S/c1-20(27(25,26)13-6-4-12(17)5-7-13)9-2-3-15(22)18-14-8-10-21(19-14)11-16(23)24/h4-8,10H,2-3,9,11H2,1H3,(H,23,24)(H,18,19,22). The van der Waals surface area contributed by atoms with Gasteiger partial charge in [0.15, 0.2) is 5.82 Å². The highest BCUT2D eigenvalue weighted by Crippen LogP contribution is 2.15. The monoisotopic (exact) mass is 398 g/mol. The molecule has 146 valence electrons.